The molecule has 1 aliphatic heterocycles. The van der Waals surface area contributed by atoms with E-state index >= 15 is 0 Å². The molecule has 3 rings (SSSR count). The molecule has 0 radical (unpaired) electrons. The lowest BCUT2D eigenvalue weighted by Crippen LogP contribution is -2.48. The predicted molar refractivity (Wildman–Crippen MR) is 96.7 cm³/mol. The Morgan fingerprint density at radius 2 is 1.88 bits per heavy atom. The maximum Gasteiger partial charge on any atom is 0.319 e. The molecule has 1 heterocycles. The van der Waals surface area contributed by atoms with E-state index in [0.29, 0.717) is 5.69 Å². The Bertz CT molecular complexity index is 609. The van der Waals surface area contributed by atoms with Crippen LogP contribution in [0.3, 0.4) is 0 Å². The number of hydrogen-bond donors (Lipinski definition) is 2. The highest BCUT2D eigenvalue weighted by Crippen LogP contribution is 2.27. The van der Waals surface area contributed by atoms with Crippen LogP contribution in [0.25, 0.3) is 0 Å². The van der Waals surface area contributed by atoms with Gasteiger partial charge in [-0.05, 0) is 44.2 Å². The minimum Gasteiger partial charge on any atom is -0.494 e. The van der Waals surface area contributed by atoms with Gasteiger partial charge in [0, 0.05) is 36.9 Å². The summed E-state index contributed by atoms with van der Waals surface area (Å²) >= 11 is 0. The molecule has 2 aliphatic rings. The molecular weight excluding hydrogens is 321 g/mol. The van der Waals surface area contributed by atoms with Crippen LogP contribution in [0.5, 0.6) is 5.75 Å². The van der Waals surface area contributed by atoms with Crippen LogP contribution in [0.15, 0.2) is 12.1 Å². The summed E-state index contributed by atoms with van der Waals surface area (Å²) in [7, 11) is 1.43. The number of hydrogen-bond acceptors (Lipinski definition) is 3. The second-order valence-electron chi connectivity index (χ2n) is 7.15. The van der Waals surface area contributed by atoms with E-state index in [1.54, 1.807) is 6.07 Å². The van der Waals surface area contributed by atoms with Crippen molar-refractivity contribution in [1.82, 2.24) is 10.2 Å². The topological polar surface area (TPSA) is 53.6 Å². The Hall–Kier alpha value is -1.82. The van der Waals surface area contributed by atoms with E-state index in [-0.39, 0.29) is 17.8 Å². The molecular formula is C19H28FN3O2. The number of anilines is 1. The maximum absolute atomic E-state index is 13.8. The Balaban J connectivity index is 1.49. The minimum absolute atomic E-state index is 0.182. The molecule has 2 fully saturated rings. The SMILES string of the molecule is COc1cc(C)c(NC(=O)NC2CCN(C3CCCC3)CC2)cc1F. The van der Waals surface area contributed by atoms with Gasteiger partial charge < -0.3 is 20.3 Å². The number of urea groups is 1. The monoisotopic (exact) mass is 349 g/mol. The van der Waals surface area contributed by atoms with Crippen molar-refractivity contribution in [3.05, 3.63) is 23.5 Å². The number of rotatable bonds is 4. The molecule has 0 spiro atoms. The van der Waals surface area contributed by atoms with Crippen LogP contribution in [0.1, 0.15) is 44.1 Å². The first-order valence-corrected chi connectivity index (χ1v) is 9.22. The number of benzene rings is 1. The third kappa shape index (κ3) is 4.42. The molecule has 1 aliphatic carbocycles. The van der Waals surface area contributed by atoms with Crippen molar-refractivity contribution in [2.75, 3.05) is 25.5 Å². The van der Waals surface area contributed by atoms with Gasteiger partial charge in [-0.3, -0.25) is 0 Å². The molecule has 1 aromatic carbocycles. The van der Waals surface area contributed by atoms with Gasteiger partial charge in [0.1, 0.15) is 0 Å². The Labute approximate surface area is 148 Å². The average molecular weight is 349 g/mol. The highest BCUT2D eigenvalue weighted by atomic mass is 19.1. The Morgan fingerprint density at radius 3 is 2.52 bits per heavy atom. The van der Waals surface area contributed by atoms with Crippen LogP contribution >= 0.6 is 0 Å². The largest absolute Gasteiger partial charge is 0.494 e. The van der Waals surface area contributed by atoms with E-state index in [1.807, 2.05) is 6.92 Å². The summed E-state index contributed by atoms with van der Waals surface area (Å²) in [5.41, 5.74) is 1.24. The molecule has 5 nitrogen and oxygen atoms in total. The van der Waals surface area contributed by atoms with Gasteiger partial charge in [-0.15, -0.1) is 0 Å². The Morgan fingerprint density at radius 1 is 1.20 bits per heavy atom. The predicted octanol–water partition coefficient (Wildman–Crippen LogP) is 3.67. The molecule has 0 unspecified atom stereocenters. The van der Waals surface area contributed by atoms with E-state index in [1.165, 1.54) is 38.9 Å². The van der Waals surface area contributed by atoms with Crippen molar-refractivity contribution < 1.29 is 13.9 Å². The molecule has 1 saturated heterocycles. The van der Waals surface area contributed by atoms with Gasteiger partial charge in [0.25, 0.3) is 0 Å². The number of nitrogens with one attached hydrogen (secondary N) is 2. The minimum atomic E-state index is -0.478. The number of piperidine rings is 1. The summed E-state index contributed by atoms with van der Waals surface area (Å²) in [6, 6.07) is 3.55. The number of nitrogens with zero attached hydrogens (tertiary/aromatic N) is 1. The number of halogens is 1. The van der Waals surface area contributed by atoms with Crippen LogP contribution in [-0.2, 0) is 0 Å². The molecule has 25 heavy (non-hydrogen) atoms. The highest BCUT2D eigenvalue weighted by molar-refractivity contribution is 5.90. The molecule has 0 aromatic heterocycles. The fraction of sp³-hybridized carbons (Fsp3) is 0.632. The Kier molecular flexibility index (Phi) is 5.78. The summed E-state index contributed by atoms with van der Waals surface area (Å²) in [6.07, 6.45) is 7.29. The molecule has 2 N–H and O–H groups in total. The smallest absolute Gasteiger partial charge is 0.319 e. The average Bonchev–Trinajstić information content (AvgIpc) is 3.13. The standard InChI is InChI=1S/C19H28FN3O2/c1-13-11-18(25-2)16(20)12-17(13)22-19(24)21-14-7-9-23(10-8-14)15-5-3-4-6-15/h11-12,14-15H,3-10H2,1-2H3,(H2,21,22,24). The number of methoxy groups -OCH3 is 1. The third-order valence-electron chi connectivity index (χ3n) is 5.45. The van der Waals surface area contributed by atoms with Crippen molar-refractivity contribution in [2.45, 2.75) is 57.5 Å². The molecule has 138 valence electrons. The molecule has 0 bridgehead atoms. The van der Waals surface area contributed by atoms with Crippen LogP contribution in [0, 0.1) is 12.7 Å². The van der Waals surface area contributed by atoms with E-state index in [4.69, 9.17) is 4.74 Å². The molecule has 0 atom stereocenters. The second-order valence-corrected chi connectivity index (χ2v) is 7.15. The fourth-order valence-electron chi connectivity index (χ4n) is 3.97. The van der Waals surface area contributed by atoms with Gasteiger partial charge in [0.15, 0.2) is 11.6 Å². The zero-order chi connectivity index (χ0) is 17.8. The van der Waals surface area contributed by atoms with Gasteiger partial charge in [-0.25, -0.2) is 9.18 Å². The summed E-state index contributed by atoms with van der Waals surface area (Å²) in [6.45, 7) is 3.91. The van der Waals surface area contributed by atoms with Crippen molar-refractivity contribution in [2.24, 2.45) is 0 Å². The number of likely N-dealkylation sites (tertiary alicyclic amines) is 1. The van der Waals surface area contributed by atoms with Gasteiger partial charge >= 0.3 is 6.03 Å². The number of aryl methyl sites for hydroxylation is 1. The lowest BCUT2D eigenvalue weighted by atomic mass is 10.0. The van der Waals surface area contributed by atoms with Crippen molar-refractivity contribution >= 4 is 11.7 Å². The summed E-state index contributed by atoms with van der Waals surface area (Å²) in [5, 5.41) is 5.78. The van der Waals surface area contributed by atoms with E-state index in [9.17, 15) is 9.18 Å². The highest BCUT2D eigenvalue weighted by Gasteiger charge is 2.27. The van der Waals surface area contributed by atoms with E-state index in [2.05, 4.69) is 15.5 Å². The number of ether oxygens (including phenoxy) is 1. The summed E-state index contributed by atoms with van der Waals surface area (Å²) < 4.78 is 18.8. The van der Waals surface area contributed by atoms with Crippen molar-refractivity contribution in [1.29, 1.82) is 0 Å². The van der Waals surface area contributed by atoms with Crippen LogP contribution < -0.4 is 15.4 Å². The van der Waals surface area contributed by atoms with Gasteiger partial charge in [0.2, 0.25) is 0 Å². The number of carbonyl (C=O) groups excluding carboxylic acids is 1. The maximum atomic E-state index is 13.8. The first-order chi connectivity index (χ1) is 12.1. The molecule has 2 amide bonds. The van der Waals surface area contributed by atoms with Crippen LogP contribution in [-0.4, -0.2) is 43.2 Å². The zero-order valence-electron chi connectivity index (χ0n) is 15.1. The first kappa shape index (κ1) is 18.0. The second kappa shape index (κ2) is 8.04. The van der Waals surface area contributed by atoms with Gasteiger partial charge in [0.05, 0.1) is 7.11 Å². The lowest BCUT2D eigenvalue weighted by molar-refractivity contribution is 0.147. The van der Waals surface area contributed by atoms with Crippen LogP contribution in [0.4, 0.5) is 14.9 Å². The molecule has 6 heteroatoms. The number of amides is 2. The van der Waals surface area contributed by atoms with Gasteiger partial charge in [-0.2, -0.15) is 0 Å². The molecule has 1 saturated carbocycles. The quantitative estimate of drug-likeness (QED) is 0.872. The third-order valence-corrected chi connectivity index (χ3v) is 5.45. The van der Waals surface area contributed by atoms with Crippen LogP contribution in [0.2, 0.25) is 0 Å². The van der Waals surface area contributed by atoms with Gasteiger partial charge in [-0.1, -0.05) is 12.8 Å². The fourth-order valence-corrected chi connectivity index (χ4v) is 3.97. The van der Waals surface area contributed by atoms with Crippen molar-refractivity contribution in [3.63, 3.8) is 0 Å². The molecule has 1 aromatic rings. The lowest BCUT2D eigenvalue weighted by Gasteiger charge is -2.36. The normalized spacial score (nSPS) is 19.8. The van der Waals surface area contributed by atoms with E-state index in [0.717, 1.165) is 37.5 Å². The van der Waals surface area contributed by atoms with Crippen molar-refractivity contribution in [3.8, 4) is 5.75 Å². The summed E-state index contributed by atoms with van der Waals surface area (Å²) in [5.74, 6) is -0.295. The number of carbonyl (C=O) groups is 1. The first-order valence-electron chi connectivity index (χ1n) is 9.22. The summed E-state index contributed by atoms with van der Waals surface area (Å²) in [4.78, 5) is 14.8. The zero-order valence-corrected chi connectivity index (χ0v) is 15.1. The van der Waals surface area contributed by atoms with E-state index < -0.39 is 5.82 Å².